The summed E-state index contributed by atoms with van der Waals surface area (Å²) in [6.07, 6.45) is 16.0. The van der Waals surface area contributed by atoms with E-state index in [0.717, 1.165) is 77.1 Å². The Kier molecular flexibility index (Phi) is 9.86. The van der Waals surface area contributed by atoms with Crippen molar-refractivity contribution in [1.29, 1.82) is 0 Å². The average molecular weight is 681 g/mol. The summed E-state index contributed by atoms with van der Waals surface area (Å²) in [5.74, 6) is 3.82. The lowest BCUT2D eigenvalue weighted by atomic mass is 9.44. The number of Topliss-reactive ketones (excluding diaryl/α,β-unsaturated/α-hetero) is 1. The summed E-state index contributed by atoms with van der Waals surface area (Å²) in [6, 6.07) is 13.5. The molecule has 2 aromatic carbocycles. The molecule has 0 radical (unpaired) electrons. The fourth-order valence-corrected chi connectivity index (χ4v) is 12.1. The van der Waals surface area contributed by atoms with Crippen LogP contribution in [0.15, 0.2) is 42.5 Å². The Morgan fingerprint density at radius 1 is 0.960 bits per heavy atom. The van der Waals surface area contributed by atoms with Crippen LogP contribution in [-0.4, -0.2) is 21.8 Å². The number of hydrogen-bond acceptors (Lipinski definition) is 4. The van der Waals surface area contributed by atoms with Crippen molar-refractivity contribution in [2.24, 2.45) is 46.3 Å². The van der Waals surface area contributed by atoms with Crippen LogP contribution in [0.5, 0.6) is 0 Å². The molecule has 8 unspecified atom stereocenters. The number of hydrogen-bond donors (Lipinski definition) is 2. The Morgan fingerprint density at radius 2 is 1.74 bits per heavy atom. The maximum atomic E-state index is 15.5. The first kappa shape index (κ1) is 35.1. The number of aryl methyl sites for hydroxylation is 2. The number of pyridine rings is 1. The summed E-state index contributed by atoms with van der Waals surface area (Å²) < 4.78 is 15.5. The maximum Gasteiger partial charge on any atom is 0.303 e. The molecule has 2 N–H and O–H groups in total. The fraction of sp³-hybridized carbons (Fsp3) is 0.614. The minimum Gasteiger partial charge on any atom is -0.481 e. The molecule has 4 aliphatic carbocycles. The van der Waals surface area contributed by atoms with Gasteiger partial charge in [-0.05, 0) is 167 Å². The van der Waals surface area contributed by atoms with Gasteiger partial charge in [-0.1, -0.05) is 44.2 Å². The van der Waals surface area contributed by atoms with E-state index in [-0.39, 0.29) is 11.6 Å². The molecule has 0 spiro atoms. The second-order valence-electron chi connectivity index (χ2n) is 17.2. The minimum absolute atomic E-state index is 0.0312. The quantitative estimate of drug-likeness (QED) is 0.197. The van der Waals surface area contributed by atoms with Crippen LogP contribution in [0.3, 0.4) is 0 Å². The molecule has 1 heterocycles. The van der Waals surface area contributed by atoms with Crippen LogP contribution in [0, 0.1) is 59.1 Å². The van der Waals surface area contributed by atoms with E-state index in [1.54, 1.807) is 13.0 Å². The number of nitrogens with one attached hydrogen (secondary N) is 1. The predicted molar refractivity (Wildman–Crippen MR) is 199 cm³/mol. The smallest absolute Gasteiger partial charge is 0.303 e. The van der Waals surface area contributed by atoms with Crippen molar-refractivity contribution in [2.75, 3.05) is 5.32 Å². The molecule has 5 nitrogen and oxygen atoms in total. The highest BCUT2D eigenvalue weighted by atomic mass is 19.1. The zero-order valence-corrected chi connectivity index (χ0v) is 30.7. The Labute approximate surface area is 298 Å². The van der Waals surface area contributed by atoms with Crippen LogP contribution in [-0.2, 0) is 17.8 Å². The zero-order valence-electron chi connectivity index (χ0n) is 30.7. The monoisotopic (exact) mass is 680 g/mol. The Hall–Kier alpha value is -3.28. The van der Waals surface area contributed by atoms with E-state index in [2.05, 4.69) is 24.1 Å². The number of nitrogens with zero attached hydrogens (tertiary/aromatic N) is 1. The lowest BCUT2D eigenvalue weighted by Crippen LogP contribution is -2.53. The number of aromatic nitrogens is 1. The highest BCUT2D eigenvalue weighted by Gasteiger charge is 2.59. The molecule has 4 aliphatic rings. The number of carbonyl (C=O) groups is 2. The van der Waals surface area contributed by atoms with E-state index in [9.17, 15) is 14.7 Å². The molecular weight excluding hydrogens is 623 g/mol. The summed E-state index contributed by atoms with van der Waals surface area (Å²) >= 11 is 0. The zero-order chi connectivity index (χ0) is 35.2. The summed E-state index contributed by atoms with van der Waals surface area (Å²) in [7, 11) is 0. The van der Waals surface area contributed by atoms with Gasteiger partial charge in [-0.3, -0.25) is 14.6 Å². The van der Waals surface area contributed by atoms with Crippen LogP contribution < -0.4 is 5.32 Å². The third-order valence-electron chi connectivity index (χ3n) is 14.7. The number of halogens is 1. The molecule has 50 heavy (non-hydrogen) atoms. The lowest BCUT2D eigenvalue weighted by Gasteiger charge is -2.61. The van der Waals surface area contributed by atoms with Crippen molar-refractivity contribution in [3.63, 3.8) is 0 Å². The molecule has 4 saturated carbocycles. The van der Waals surface area contributed by atoms with Crippen LogP contribution >= 0.6 is 0 Å². The molecule has 268 valence electrons. The van der Waals surface area contributed by atoms with Crippen molar-refractivity contribution < 1.29 is 19.1 Å². The second kappa shape index (κ2) is 14.0. The number of rotatable bonds is 11. The average Bonchev–Trinajstić information content (AvgIpc) is 3.42. The van der Waals surface area contributed by atoms with Gasteiger partial charge in [-0.2, -0.15) is 0 Å². The normalized spacial score (nSPS) is 31.9. The van der Waals surface area contributed by atoms with Crippen LogP contribution in [0.25, 0.3) is 10.9 Å². The molecule has 0 amide bonds. The van der Waals surface area contributed by atoms with Gasteiger partial charge in [0, 0.05) is 18.4 Å². The maximum absolute atomic E-state index is 15.5. The highest BCUT2D eigenvalue weighted by molar-refractivity contribution is 6.08. The van der Waals surface area contributed by atoms with Crippen LogP contribution in [0.2, 0.25) is 0 Å². The number of carboxylic acids is 1. The Morgan fingerprint density at radius 3 is 2.52 bits per heavy atom. The standard InChI is InChI=1S/C44H57FN2O3/c1-27-41(28(2)48)42(35-9-5-6-10-39(35)47-27)46-26-30-13-15-31(38(45)25-30)14-12-29-20-22-44(4)33(24-29)16-18-34-36-19-17-32(8-7-11-40(49)50)43(36,3)23-21-37(34)44/h5-6,9-10,13,15,25,29,32-34,36-37H,7-8,11-12,14,16-24,26H2,1-4H3,(H,46,47)(H,49,50). The number of benzene rings is 2. The topological polar surface area (TPSA) is 79.3 Å². The lowest BCUT2D eigenvalue weighted by molar-refractivity contribution is -0.137. The third-order valence-corrected chi connectivity index (χ3v) is 14.7. The summed E-state index contributed by atoms with van der Waals surface area (Å²) in [6.45, 7) is 9.07. The molecular formula is C44H57FN2O3. The second-order valence-corrected chi connectivity index (χ2v) is 17.2. The molecule has 4 fully saturated rings. The van der Waals surface area contributed by atoms with E-state index in [4.69, 9.17) is 0 Å². The number of ketones is 1. The molecule has 3 aromatic rings. The number of para-hydroxylation sites is 1. The summed E-state index contributed by atoms with van der Waals surface area (Å²) in [5, 5.41) is 13.5. The van der Waals surface area contributed by atoms with Gasteiger partial charge in [0.25, 0.3) is 0 Å². The van der Waals surface area contributed by atoms with E-state index in [1.807, 2.05) is 43.3 Å². The fourth-order valence-electron chi connectivity index (χ4n) is 12.1. The number of aliphatic carboxylic acids is 1. The van der Waals surface area contributed by atoms with Crippen molar-refractivity contribution >= 4 is 28.3 Å². The van der Waals surface area contributed by atoms with E-state index in [1.165, 1.54) is 57.8 Å². The van der Waals surface area contributed by atoms with Gasteiger partial charge in [-0.15, -0.1) is 0 Å². The van der Waals surface area contributed by atoms with Gasteiger partial charge >= 0.3 is 5.97 Å². The van der Waals surface area contributed by atoms with E-state index >= 15 is 4.39 Å². The molecule has 1 aromatic heterocycles. The van der Waals surface area contributed by atoms with E-state index < -0.39 is 5.97 Å². The van der Waals surface area contributed by atoms with Crippen LogP contribution in [0.4, 0.5) is 10.1 Å². The summed E-state index contributed by atoms with van der Waals surface area (Å²) in [4.78, 5) is 28.3. The van der Waals surface area contributed by atoms with Crippen molar-refractivity contribution in [3.8, 4) is 0 Å². The molecule has 7 rings (SSSR count). The van der Waals surface area contributed by atoms with Crippen molar-refractivity contribution in [1.82, 2.24) is 4.98 Å². The number of carboxylic acid groups (broad SMARTS) is 1. The Bertz CT molecular complexity index is 1750. The molecule has 0 saturated heterocycles. The molecule has 0 aliphatic heterocycles. The molecule has 0 bridgehead atoms. The first-order chi connectivity index (χ1) is 24.0. The Balaban J connectivity index is 0.948. The molecule has 6 heteroatoms. The SMILES string of the molecule is CC(=O)c1c(C)nc2ccccc2c1NCc1ccc(CCC2CCC3(C)C(CCC4C5CCC(CCCC(=O)O)C5(C)CCC43)C2)c(F)c1. The van der Waals surface area contributed by atoms with Gasteiger partial charge in [-0.25, -0.2) is 4.39 Å². The van der Waals surface area contributed by atoms with Gasteiger partial charge in [0.05, 0.1) is 22.5 Å². The summed E-state index contributed by atoms with van der Waals surface area (Å²) in [5.41, 5.74) is 5.41. The predicted octanol–water partition coefficient (Wildman–Crippen LogP) is 11.0. The number of anilines is 1. The van der Waals surface area contributed by atoms with E-state index in [0.29, 0.717) is 46.9 Å². The van der Waals surface area contributed by atoms with Gasteiger partial charge < -0.3 is 10.4 Å². The van der Waals surface area contributed by atoms with Gasteiger partial charge in [0.2, 0.25) is 0 Å². The van der Waals surface area contributed by atoms with Crippen LogP contribution in [0.1, 0.15) is 131 Å². The number of carbonyl (C=O) groups excluding carboxylic acids is 1. The third kappa shape index (κ3) is 6.50. The van der Waals surface area contributed by atoms with Crippen molar-refractivity contribution in [2.45, 2.75) is 124 Å². The largest absolute Gasteiger partial charge is 0.481 e. The van der Waals surface area contributed by atoms with Crippen molar-refractivity contribution in [3.05, 3.63) is 70.7 Å². The highest BCUT2D eigenvalue weighted by Crippen LogP contribution is 2.68. The molecule has 8 atom stereocenters. The first-order valence-electron chi connectivity index (χ1n) is 19.6. The minimum atomic E-state index is -0.654. The van der Waals surface area contributed by atoms with Gasteiger partial charge in [0.1, 0.15) is 5.82 Å². The number of fused-ring (bicyclic) bond motifs is 6. The van der Waals surface area contributed by atoms with Gasteiger partial charge in [0.15, 0.2) is 5.78 Å². The first-order valence-corrected chi connectivity index (χ1v) is 19.6.